The van der Waals surface area contributed by atoms with Crippen LogP contribution in [0.4, 0.5) is 0 Å². The number of para-hydroxylation sites is 1. The van der Waals surface area contributed by atoms with Gasteiger partial charge in [-0.05, 0) is 45.8 Å². The van der Waals surface area contributed by atoms with Crippen LogP contribution in [0.3, 0.4) is 0 Å². The van der Waals surface area contributed by atoms with Gasteiger partial charge in [0.15, 0.2) is 0 Å². The molecule has 0 fully saturated rings. The number of phenols is 1. The Kier molecular flexibility index (Phi) is 3.92. The number of phenolic OH excluding ortho intramolecular Hbond substituents is 1. The summed E-state index contributed by atoms with van der Waals surface area (Å²) >= 11 is 9.13. The molecule has 0 amide bonds. The van der Waals surface area contributed by atoms with Crippen LogP contribution in [-0.2, 0) is 6.61 Å². The third kappa shape index (κ3) is 3.14. The molecular weight excluding hydrogens is 303 g/mol. The SMILES string of the molecule is Oc1cc(COc2ccccc2Br)ccc1Cl. The molecule has 0 heterocycles. The highest BCUT2D eigenvalue weighted by Gasteiger charge is 2.03. The highest BCUT2D eigenvalue weighted by Crippen LogP contribution is 2.27. The van der Waals surface area contributed by atoms with Crippen LogP contribution in [-0.4, -0.2) is 5.11 Å². The van der Waals surface area contributed by atoms with E-state index in [1.165, 1.54) is 0 Å². The van der Waals surface area contributed by atoms with Crippen molar-refractivity contribution in [2.45, 2.75) is 6.61 Å². The van der Waals surface area contributed by atoms with E-state index in [4.69, 9.17) is 16.3 Å². The van der Waals surface area contributed by atoms with Crippen molar-refractivity contribution in [3.8, 4) is 11.5 Å². The topological polar surface area (TPSA) is 29.5 Å². The lowest BCUT2D eigenvalue weighted by Gasteiger charge is -2.08. The zero-order chi connectivity index (χ0) is 12.3. The summed E-state index contributed by atoms with van der Waals surface area (Å²) < 4.78 is 6.52. The molecule has 0 aliphatic carbocycles. The molecule has 0 saturated carbocycles. The average molecular weight is 314 g/mol. The first-order valence-corrected chi connectivity index (χ1v) is 6.18. The number of ether oxygens (including phenoxy) is 1. The molecule has 2 rings (SSSR count). The molecule has 4 heteroatoms. The minimum Gasteiger partial charge on any atom is -0.506 e. The Morgan fingerprint density at radius 3 is 2.65 bits per heavy atom. The number of rotatable bonds is 3. The molecule has 2 aromatic rings. The highest BCUT2D eigenvalue weighted by molar-refractivity contribution is 9.10. The molecule has 1 N–H and O–H groups in total. The molecule has 0 aromatic heterocycles. The van der Waals surface area contributed by atoms with Crippen LogP contribution < -0.4 is 4.74 Å². The number of hydrogen-bond acceptors (Lipinski definition) is 2. The maximum Gasteiger partial charge on any atom is 0.134 e. The third-order valence-electron chi connectivity index (χ3n) is 2.24. The Labute approximate surface area is 113 Å². The Hall–Kier alpha value is -1.19. The molecule has 17 heavy (non-hydrogen) atoms. The zero-order valence-corrected chi connectivity index (χ0v) is 11.2. The van der Waals surface area contributed by atoms with Gasteiger partial charge < -0.3 is 9.84 Å². The smallest absolute Gasteiger partial charge is 0.134 e. The van der Waals surface area contributed by atoms with Crippen molar-refractivity contribution in [1.29, 1.82) is 0 Å². The first kappa shape index (κ1) is 12.3. The summed E-state index contributed by atoms with van der Waals surface area (Å²) in [4.78, 5) is 0. The molecule has 0 radical (unpaired) electrons. The van der Waals surface area contributed by atoms with Crippen molar-refractivity contribution in [2.24, 2.45) is 0 Å². The predicted molar refractivity (Wildman–Crippen MR) is 71.6 cm³/mol. The minimum atomic E-state index is 0.0693. The molecule has 2 nitrogen and oxygen atoms in total. The van der Waals surface area contributed by atoms with E-state index in [1.807, 2.05) is 30.3 Å². The monoisotopic (exact) mass is 312 g/mol. The van der Waals surface area contributed by atoms with Gasteiger partial charge in [-0.1, -0.05) is 29.8 Å². The normalized spacial score (nSPS) is 10.2. The number of hydrogen-bond donors (Lipinski definition) is 1. The first-order chi connectivity index (χ1) is 8.16. The van der Waals surface area contributed by atoms with Crippen molar-refractivity contribution in [3.05, 3.63) is 57.5 Å². The summed E-state index contributed by atoms with van der Waals surface area (Å²) in [6.45, 7) is 0.382. The quantitative estimate of drug-likeness (QED) is 0.911. The fourth-order valence-electron chi connectivity index (χ4n) is 1.37. The Bertz CT molecular complexity index is 529. The standard InChI is InChI=1S/C13H10BrClO2/c14-10-3-1-2-4-13(10)17-8-9-5-6-11(15)12(16)7-9/h1-7,16H,8H2. The molecule has 0 saturated heterocycles. The largest absolute Gasteiger partial charge is 0.506 e. The van der Waals surface area contributed by atoms with E-state index in [1.54, 1.807) is 12.1 Å². The summed E-state index contributed by atoms with van der Waals surface area (Å²) in [5, 5.41) is 9.80. The lowest BCUT2D eigenvalue weighted by Crippen LogP contribution is -1.95. The number of benzene rings is 2. The summed E-state index contributed by atoms with van der Waals surface area (Å²) in [6, 6.07) is 12.7. The maximum atomic E-state index is 9.46. The number of aromatic hydroxyl groups is 1. The van der Waals surface area contributed by atoms with Crippen LogP contribution in [0, 0.1) is 0 Å². The Morgan fingerprint density at radius 2 is 1.94 bits per heavy atom. The van der Waals surface area contributed by atoms with E-state index >= 15 is 0 Å². The van der Waals surface area contributed by atoms with Gasteiger partial charge in [0.05, 0.1) is 9.50 Å². The lowest BCUT2D eigenvalue weighted by molar-refractivity contribution is 0.303. The number of halogens is 2. The van der Waals surface area contributed by atoms with E-state index in [-0.39, 0.29) is 5.75 Å². The van der Waals surface area contributed by atoms with Crippen molar-refractivity contribution >= 4 is 27.5 Å². The van der Waals surface area contributed by atoms with E-state index < -0.39 is 0 Å². The molecule has 0 aliphatic rings. The summed E-state index contributed by atoms with van der Waals surface area (Å²) in [6.07, 6.45) is 0. The van der Waals surface area contributed by atoms with Gasteiger partial charge >= 0.3 is 0 Å². The Balaban J connectivity index is 2.08. The van der Waals surface area contributed by atoms with Gasteiger partial charge in [-0.15, -0.1) is 0 Å². The van der Waals surface area contributed by atoms with Gasteiger partial charge in [-0.3, -0.25) is 0 Å². The van der Waals surface area contributed by atoms with E-state index in [0.717, 1.165) is 15.8 Å². The fourth-order valence-corrected chi connectivity index (χ4v) is 1.89. The van der Waals surface area contributed by atoms with Crippen LogP contribution in [0.25, 0.3) is 0 Å². The first-order valence-electron chi connectivity index (χ1n) is 5.01. The van der Waals surface area contributed by atoms with Gasteiger partial charge in [-0.2, -0.15) is 0 Å². The summed E-state index contributed by atoms with van der Waals surface area (Å²) in [5.41, 5.74) is 0.864. The zero-order valence-electron chi connectivity index (χ0n) is 8.86. The predicted octanol–water partition coefficient (Wildman–Crippen LogP) is 4.39. The van der Waals surface area contributed by atoms with Crippen molar-refractivity contribution in [3.63, 3.8) is 0 Å². The summed E-state index contributed by atoms with van der Waals surface area (Å²) in [5.74, 6) is 0.835. The van der Waals surface area contributed by atoms with Gasteiger partial charge in [0.25, 0.3) is 0 Å². The second kappa shape index (κ2) is 5.43. The third-order valence-corrected chi connectivity index (χ3v) is 3.22. The minimum absolute atomic E-state index is 0.0693. The van der Waals surface area contributed by atoms with Crippen LogP contribution in [0.2, 0.25) is 5.02 Å². The van der Waals surface area contributed by atoms with Crippen molar-refractivity contribution in [2.75, 3.05) is 0 Å². The van der Waals surface area contributed by atoms with E-state index in [9.17, 15) is 5.11 Å². The van der Waals surface area contributed by atoms with Crippen molar-refractivity contribution in [1.82, 2.24) is 0 Å². The maximum absolute atomic E-state index is 9.46. The van der Waals surface area contributed by atoms with Gasteiger partial charge in [-0.25, -0.2) is 0 Å². The second-order valence-electron chi connectivity index (χ2n) is 3.50. The van der Waals surface area contributed by atoms with E-state index in [2.05, 4.69) is 15.9 Å². The molecular formula is C13H10BrClO2. The molecule has 88 valence electrons. The van der Waals surface area contributed by atoms with Crippen LogP contribution in [0.5, 0.6) is 11.5 Å². The van der Waals surface area contributed by atoms with Crippen LogP contribution in [0.15, 0.2) is 46.9 Å². The second-order valence-corrected chi connectivity index (χ2v) is 4.77. The highest BCUT2D eigenvalue weighted by atomic mass is 79.9. The molecule has 0 bridgehead atoms. The van der Waals surface area contributed by atoms with Crippen molar-refractivity contribution < 1.29 is 9.84 Å². The summed E-state index contributed by atoms with van der Waals surface area (Å²) in [7, 11) is 0. The van der Waals surface area contributed by atoms with Gasteiger partial charge in [0.1, 0.15) is 18.1 Å². The molecule has 0 spiro atoms. The molecule has 0 atom stereocenters. The fraction of sp³-hybridized carbons (Fsp3) is 0.0769. The molecule has 0 aliphatic heterocycles. The average Bonchev–Trinajstić information content (AvgIpc) is 2.32. The molecule has 2 aromatic carbocycles. The Morgan fingerprint density at radius 1 is 1.18 bits per heavy atom. The lowest BCUT2D eigenvalue weighted by atomic mass is 10.2. The van der Waals surface area contributed by atoms with Crippen LogP contribution >= 0.6 is 27.5 Å². The van der Waals surface area contributed by atoms with E-state index in [0.29, 0.717) is 11.6 Å². The van der Waals surface area contributed by atoms with Gasteiger partial charge in [0.2, 0.25) is 0 Å². The van der Waals surface area contributed by atoms with Crippen LogP contribution in [0.1, 0.15) is 5.56 Å². The molecule has 0 unspecified atom stereocenters. The van der Waals surface area contributed by atoms with Gasteiger partial charge in [0, 0.05) is 0 Å².